The molecule has 7 heteroatoms. The average Bonchev–Trinajstić information content (AvgIpc) is 2.88. The minimum atomic E-state index is -0.561. The highest BCUT2D eigenvalue weighted by atomic mass is 32.2. The maximum atomic E-state index is 12.0. The first-order chi connectivity index (χ1) is 16.6. The Balaban J connectivity index is 1.53. The number of aliphatic hydroxyl groups excluding tert-OH is 1. The van der Waals surface area contributed by atoms with Gasteiger partial charge in [0, 0.05) is 34.9 Å². The van der Waals surface area contributed by atoms with Gasteiger partial charge in [-0.15, -0.1) is 11.8 Å². The SMILES string of the molecule is CCNC(=O)Nc1cccc([C@H]2O[C@@H](CSc3ccccc3)C[C@@H](c3ccc(CO)cc3)O2)c1. The predicted octanol–water partition coefficient (Wildman–Crippen LogP) is 5.66. The molecular formula is C27H30N2O4S. The van der Waals surface area contributed by atoms with E-state index in [9.17, 15) is 9.90 Å². The molecule has 178 valence electrons. The van der Waals surface area contributed by atoms with Crippen molar-refractivity contribution < 1.29 is 19.4 Å². The Morgan fingerprint density at radius 1 is 1.00 bits per heavy atom. The first kappa shape index (κ1) is 24.3. The van der Waals surface area contributed by atoms with E-state index in [1.807, 2.05) is 73.7 Å². The number of urea groups is 1. The summed E-state index contributed by atoms with van der Waals surface area (Å²) in [6, 6.07) is 25.5. The molecule has 0 bridgehead atoms. The number of hydrogen-bond donors (Lipinski definition) is 3. The molecule has 3 N–H and O–H groups in total. The van der Waals surface area contributed by atoms with Crippen LogP contribution < -0.4 is 10.6 Å². The van der Waals surface area contributed by atoms with E-state index in [1.165, 1.54) is 4.90 Å². The lowest BCUT2D eigenvalue weighted by molar-refractivity contribution is -0.245. The van der Waals surface area contributed by atoms with Crippen molar-refractivity contribution in [2.45, 2.75) is 43.3 Å². The lowest BCUT2D eigenvalue weighted by Crippen LogP contribution is -2.31. The van der Waals surface area contributed by atoms with E-state index in [2.05, 4.69) is 22.8 Å². The number of thioether (sulfide) groups is 1. The third kappa shape index (κ3) is 6.61. The van der Waals surface area contributed by atoms with Crippen LogP contribution in [0.2, 0.25) is 0 Å². The second-order valence-electron chi connectivity index (χ2n) is 8.08. The Hall–Kier alpha value is -2.84. The second kappa shape index (κ2) is 12.0. The number of ether oxygens (including phenoxy) is 2. The standard InChI is InChI=1S/C27H30N2O4S/c1-2-28-27(31)29-22-8-6-7-21(15-22)26-32-23(18-34-24-9-4-3-5-10-24)16-25(33-26)20-13-11-19(17-30)12-14-20/h3-15,23,25-26,30H,2,16-18H2,1H3,(H2,28,29,31)/t23-,25+,26+/m1/s1. The lowest BCUT2D eigenvalue weighted by atomic mass is 10.0. The van der Waals surface area contributed by atoms with E-state index >= 15 is 0 Å². The minimum absolute atomic E-state index is 0.0132. The van der Waals surface area contributed by atoms with Gasteiger partial charge < -0.3 is 25.2 Å². The molecule has 34 heavy (non-hydrogen) atoms. The molecule has 1 aliphatic rings. The molecule has 0 spiro atoms. The van der Waals surface area contributed by atoms with Crippen LogP contribution in [-0.4, -0.2) is 29.5 Å². The molecule has 1 saturated heterocycles. The Kier molecular flexibility index (Phi) is 8.60. The average molecular weight is 479 g/mol. The highest BCUT2D eigenvalue weighted by molar-refractivity contribution is 7.99. The molecule has 0 aliphatic carbocycles. The van der Waals surface area contributed by atoms with Gasteiger partial charge in [-0.25, -0.2) is 4.79 Å². The van der Waals surface area contributed by atoms with Gasteiger partial charge in [0.2, 0.25) is 0 Å². The largest absolute Gasteiger partial charge is 0.392 e. The van der Waals surface area contributed by atoms with Crippen LogP contribution >= 0.6 is 11.8 Å². The van der Waals surface area contributed by atoms with Gasteiger partial charge in [-0.2, -0.15) is 0 Å². The summed E-state index contributed by atoms with van der Waals surface area (Å²) in [6.07, 6.45) is -0.000894. The first-order valence-electron chi connectivity index (χ1n) is 11.5. The molecular weight excluding hydrogens is 448 g/mol. The smallest absolute Gasteiger partial charge is 0.319 e. The monoisotopic (exact) mass is 478 g/mol. The number of carbonyl (C=O) groups excluding carboxylic acids is 1. The topological polar surface area (TPSA) is 79.8 Å². The summed E-state index contributed by atoms with van der Waals surface area (Å²) in [7, 11) is 0. The quantitative estimate of drug-likeness (QED) is 0.364. The number of hydrogen-bond acceptors (Lipinski definition) is 5. The number of rotatable bonds is 8. The van der Waals surface area contributed by atoms with Gasteiger partial charge in [0.25, 0.3) is 0 Å². The van der Waals surface area contributed by atoms with E-state index in [-0.39, 0.29) is 24.8 Å². The summed E-state index contributed by atoms with van der Waals surface area (Å²) in [5.41, 5.74) is 3.45. The van der Waals surface area contributed by atoms with Crippen molar-refractivity contribution >= 4 is 23.5 Å². The molecule has 0 unspecified atom stereocenters. The normalized spacial score (nSPS) is 20.0. The molecule has 6 nitrogen and oxygen atoms in total. The number of aliphatic hydroxyl groups is 1. The van der Waals surface area contributed by atoms with Gasteiger partial charge in [0.05, 0.1) is 18.8 Å². The van der Waals surface area contributed by atoms with Crippen molar-refractivity contribution in [3.05, 3.63) is 95.6 Å². The molecule has 4 rings (SSSR count). The van der Waals surface area contributed by atoms with Crippen LogP contribution in [0.3, 0.4) is 0 Å². The van der Waals surface area contributed by atoms with Gasteiger partial charge >= 0.3 is 6.03 Å². The summed E-state index contributed by atoms with van der Waals surface area (Å²) < 4.78 is 12.8. The fourth-order valence-corrected chi connectivity index (χ4v) is 4.77. The maximum absolute atomic E-state index is 12.0. The maximum Gasteiger partial charge on any atom is 0.319 e. The van der Waals surface area contributed by atoms with Crippen LogP contribution in [-0.2, 0) is 16.1 Å². The summed E-state index contributed by atoms with van der Waals surface area (Å²) in [5.74, 6) is 0.798. The first-order valence-corrected chi connectivity index (χ1v) is 12.5. The zero-order chi connectivity index (χ0) is 23.8. The van der Waals surface area contributed by atoms with Crippen molar-refractivity contribution in [3.63, 3.8) is 0 Å². The number of carbonyl (C=O) groups is 1. The molecule has 3 atom stereocenters. The van der Waals surface area contributed by atoms with Gasteiger partial charge in [0.15, 0.2) is 6.29 Å². The highest BCUT2D eigenvalue weighted by Gasteiger charge is 2.32. The highest BCUT2D eigenvalue weighted by Crippen LogP contribution is 2.39. The molecule has 1 heterocycles. The van der Waals surface area contributed by atoms with Crippen LogP contribution in [0, 0.1) is 0 Å². The molecule has 0 saturated carbocycles. The number of anilines is 1. The van der Waals surface area contributed by atoms with Crippen LogP contribution in [0.25, 0.3) is 0 Å². The number of nitrogens with one attached hydrogen (secondary N) is 2. The van der Waals surface area contributed by atoms with Crippen molar-refractivity contribution in [2.24, 2.45) is 0 Å². The number of benzene rings is 3. The predicted molar refractivity (Wildman–Crippen MR) is 135 cm³/mol. The van der Waals surface area contributed by atoms with Crippen LogP contribution in [0.4, 0.5) is 10.5 Å². The van der Waals surface area contributed by atoms with Crippen LogP contribution in [0.1, 0.15) is 42.4 Å². The van der Waals surface area contributed by atoms with Gasteiger partial charge in [0.1, 0.15) is 0 Å². The van der Waals surface area contributed by atoms with E-state index in [0.717, 1.165) is 28.9 Å². The molecule has 0 aromatic heterocycles. The fourth-order valence-electron chi connectivity index (χ4n) is 3.83. The molecule has 1 fully saturated rings. The fraction of sp³-hybridized carbons (Fsp3) is 0.296. The summed E-state index contributed by atoms with van der Waals surface area (Å²) >= 11 is 1.77. The van der Waals surface area contributed by atoms with Crippen LogP contribution in [0.5, 0.6) is 0 Å². The Morgan fingerprint density at radius 2 is 1.79 bits per heavy atom. The van der Waals surface area contributed by atoms with Crippen molar-refractivity contribution in [1.82, 2.24) is 5.32 Å². The molecule has 1 aliphatic heterocycles. The van der Waals surface area contributed by atoms with Crippen molar-refractivity contribution in [2.75, 3.05) is 17.6 Å². The minimum Gasteiger partial charge on any atom is -0.392 e. The third-order valence-electron chi connectivity index (χ3n) is 5.55. The van der Waals surface area contributed by atoms with E-state index in [1.54, 1.807) is 11.8 Å². The van der Waals surface area contributed by atoms with Crippen molar-refractivity contribution in [3.8, 4) is 0 Å². The van der Waals surface area contributed by atoms with Gasteiger partial charge in [-0.05, 0) is 42.3 Å². The zero-order valence-electron chi connectivity index (χ0n) is 19.1. The Morgan fingerprint density at radius 3 is 2.53 bits per heavy atom. The molecule has 2 amide bonds. The summed E-state index contributed by atoms with van der Waals surface area (Å²) in [4.78, 5) is 13.2. The van der Waals surface area contributed by atoms with E-state index in [0.29, 0.717) is 12.2 Å². The Labute approximate surface area is 204 Å². The lowest BCUT2D eigenvalue weighted by Gasteiger charge is -2.36. The van der Waals surface area contributed by atoms with Gasteiger partial charge in [-0.3, -0.25) is 0 Å². The molecule has 0 radical (unpaired) electrons. The van der Waals surface area contributed by atoms with Crippen LogP contribution in [0.15, 0.2) is 83.8 Å². The summed E-state index contributed by atoms with van der Waals surface area (Å²) in [5, 5.41) is 15.0. The Bertz CT molecular complexity index is 1060. The summed E-state index contributed by atoms with van der Waals surface area (Å²) in [6.45, 7) is 2.44. The third-order valence-corrected chi connectivity index (χ3v) is 6.69. The molecule has 3 aromatic carbocycles. The van der Waals surface area contributed by atoms with E-state index in [4.69, 9.17) is 9.47 Å². The van der Waals surface area contributed by atoms with E-state index < -0.39 is 6.29 Å². The second-order valence-corrected chi connectivity index (χ2v) is 9.18. The van der Waals surface area contributed by atoms with Gasteiger partial charge in [-0.1, -0.05) is 54.6 Å². The zero-order valence-corrected chi connectivity index (χ0v) is 20.0. The molecule has 3 aromatic rings. The van der Waals surface area contributed by atoms with Crippen molar-refractivity contribution in [1.29, 1.82) is 0 Å². The number of amides is 2.